The second-order valence-corrected chi connectivity index (χ2v) is 7.53. The number of nitrogens with one attached hydrogen (secondary N) is 1. The largest absolute Gasteiger partial charge is 0.355 e. The van der Waals surface area contributed by atoms with E-state index in [2.05, 4.69) is 34.6 Å². The first kappa shape index (κ1) is 19.6. The molecule has 0 unspecified atom stereocenters. The van der Waals surface area contributed by atoms with Gasteiger partial charge >= 0.3 is 0 Å². The van der Waals surface area contributed by atoms with Gasteiger partial charge in [-0.3, -0.25) is 9.48 Å². The van der Waals surface area contributed by atoms with E-state index < -0.39 is 0 Å². The monoisotopic (exact) mass is 400 g/mol. The highest BCUT2D eigenvalue weighted by atomic mass is 16.5. The highest BCUT2D eigenvalue weighted by molar-refractivity contribution is 6.03. The van der Waals surface area contributed by atoms with Crippen molar-refractivity contribution < 1.29 is 9.32 Å². The lowest BCUT2D eigenvalue weighted by molar-refractivity contribution is 0.101. The van der Waals surface area contributed by atoms with Crippen LogP contribution in [0.5, 0.6) is 0 Å². The molecule has 0 aliphatic heterocycles. The van der Waals surface area contributed by atoms with E-state index in [-0.39, 0.29) is 11.6 Å². The average Bonchev–Trinajstić information content (AvgIpc) is 3.32. The minimum absolute atomic E-state index is 0.232. The molecular weight excluding hydrogens is 376 g/mol. The number of nitrogens with zero attached hydrogens (tertiary/aromatic N) is 3. The van der Waals surface area contributed by atoms with Crippen molar-refractivity contribution >= 4 is 11.6 Å². The molecule has 0 saturated carbocycles. The van der Waals surface area contributed by atoms with E-state index >= 15 is 0 Å². The summed E-state index contributed by atoms with van der Waals surface area (Å²) >= 11 is 0. The molecule has 2 aromatic heterocycles. The number of hydrogen-bond acceptors (Lipinski definition) is 4. The summed E-state index contributed by atoms with van der Waals surface area (Å²) in [5.74, 6) is 0.239. The third kappa shape index (κ3) is 3.89. The lowest BCUT2D eigenvalue weighted by Crippen LogP contribution is -2.13. The van der Waals surface area contributed by atoms with Crippen LogP contribution in [0.25, 0.3) is 11.3 Å². The van der Waals surface area contributed by atoms with Gasteiger partial charge < -0.3 is 9.84 Å². The van der Waals surface area contributed by atoms with Crippen LogP contribution in [0.2, 0.25) is 0 Å². The molecule has 4 aromatic rings. The SMILES string of the molecule is Cc1ccc(-c2cc(C(=O)Nc3c(C)nn(Cc4ccccc4C)c3C)no2)cc1. The van der Waals surface area contributed by atoms with E-state index in [0.717, 1.165) is 22.5 Å². The van der Waals surface area contributed by atoms with Gasteiger partial charge in [-0.2, -0.15) is 5.10 Å². The predicted octanol–water partition coefficient (Wildman–Crippen LogP) is 5.07. The molecule has 30 heavy (non-hydrogen) atoms. The quantitative estimate of drug-likeness (QED) is 0.507. The van der Waals surface area contributed by atoms with Gasteiger partial charge in [0.2, 0.25) is 0 Å². The molecule has 1 amide bonds. The Labute approximate surface area is 175 Å². The fourth-order valence-corrected chi connectivity index (χ4v) is 3.39. The lowest BCUT2D eigenvalue weighted by atomic mass is 10.1. The fourth-order valence-electron chi connectivity index (χ4n) is 3.39. The van der Waals surface area contributed by atoms with Gasteiger partial charge in [-0.25, -0.2) is 0 Å². The summed E-state index contributed by atoms with van der Waals surface area (Å²) < 4.78 is 7.29. The van der Waals surface area contributed by atoms with E-state index in [9.17, 15) is 4.79 Å². The van der Waals surface area contributed by atoms with Crippen LogP contribution in [0.3, 0.4) is 0 Å². The summed E-state index contributed by atoms with van der Waals surface area (Å²) in [5.41, 5.74) is 7.03. The summed E-state index contributed by atoms with van der Waals surface area (Å²) in [7, 11) is 0. The number of anilines is 1. The maximum absolute atomic E-state index is 12.8. The Morgan fingerprint density at radius 3 is 2.50 bits per heavy atom. The molecule has 2 aromatic carbocycles. The molecule has 6 nitrogen and oxygen atoms in total. The number of amides is 1. The molecule has 2 heterocycles. The van der Waals surface area contributed by atoms with Crippen LogP contribution < -0.4 is 5.32 Å². The Kier molecular flexibility index (Phi) is 5.23. The van der Waals surface area contributed by atoms with Gasteiger partial charge in [-0.05, 0) is 38.8 Å². The fraction of sp³-hybridized carbons (Fsp3) is 0.208. The standard InChI is InChI=1S/C24H24N4O2/c1-15-9-11-19(12-10-15)22-13-21(27-30-22)24(29)25-23-17(3)26-28(18(23)4)14-20-8-6-5-7-16(20)2/h5-13H,14H2,1-4H3,(H,25,29). The van der Waals surface area contributed by atoms with Crippen LogP contribution in [-0.2, 0) is 6.54 Å². The molecule has 0 bridgehead atoms. The Bertz CT molecular complexity index is 1200. The summed E-state index contributed by atoms with van der Waals surface area (Å²) in [5, 5.41) is 11.5. The molecular formula is C24H24N4O2. The predicted molar refractivity (Wildman–Crippen MR) is 117 cm³/mol. The van der Waals surface area contributed by atoms with Crippen LogP contribution in [0, 0.1) is 27.7 Å². The van der Waals surface area contributed by atoms with E-state index in [1.165, 1.54) is 11.1 Å². The number of carbonyl (C=O) groups excluding carboxylic acids is 1. The number of aromatic nitrogens is 3. The van der Waals surface area contributed by atoms with E-state index in [1.54, 1.807) is 6.07 Å². The number of aryl methyl sites for hydroxylation is 3. The van der Waals surface area contributed by atoms with Crippen LogP contribution >= 0.6 is 0 Å². The second-order valence-electron chi connectivity index (χ2n) is 7.53. The van der Waals surface area contributed by atoms with Gasteiger partial charge in [0.15, 0.2) is 11.5 Å². The first-order chi connectivity index (χ1) is 14.4. The molecule has 0 saturated heterocycles. The highest BCUT2D eigenvalue weighted by Gasteiger charge is 2.19. The summed E-state index contributed by atoms with van der Waals surface area (Å²) in [4.78, 5) is 12.8. The number of benzene rings is 2. The van der Waals surface area contributed by atoms with Crippen molar-refractivity contribution in [1.29, 1.82) is 0 Å². The average molecular weight is 400 g/mol. The lowest BCUT2D eigenvalue weighted by Gasteiger charge is -2.08. The van der Waals surface area contributed by atoms with E-state index in [1.807, 2.05) is 61.9 Å². The molecule has 0 fully saturated rings. The van der Waals surface area contributed by atoms with Crippen molar-refractivity contribution in [2.45, 2.75) is 34.2 Å². The van der Waals surface area contributed by atoms with Crippen LogP contribution in [0.15, 0.2) is 59.1 Å². The molecule has 4 rings (SSSR count). The zero-order valence-electron chi connectivity index (χ0n) is 17.6. The van der Waals surface area contributed by atoms with Crippen molar-refractivity contribution in [3.63, 3.8) is 0 Å². The van der Waals surface area contributed by atoms with Gasteiger partial charge in [0.05, 0.1) is 23.6 Å². The van der Waals surface area contributed by atoms with E-state index in [0.29, 0.717) is 18.0 Å². The third-order valence-corrected chi connectivity index (χ3v) is 5.28. The van der Waals surface area contributed by atoms with Crippen molar-refractivity contribution in [2.75, 3.05) is 5.32 Å². The molecule has 0 atom stereocenters. The Hall–Kier alpha value is -3.67. The zero-order chi connectivity index (χ0) is 21.3. The highest BCUT2D eigenvalue weighted by Crippen LogP contribution is 2.24. The van der Waals surface area contributed by atoms with Crippen LogP contribution in [0.1, 0.15) is 38.6 Å². The van der Waals surface area contributed by atoms with Crippen LogP contribution in [-0.4, -0.2) is 20.8 Å². The first-order valence-electron chi connectivity index (χ1n) is 9.86. The molecule has 0 aliphatic rings. The minimum atomic E-state index is -0.321. The smallest absolute Gasteiger partial charge is 0.277 e. The van der Waals surface area contributed by atoms with E-state index in [4.69, 9.17) is 4.52 Å². The van der Waals surface area contributed by atoms with Crippen molar-refractivity contribution in [3.05, 3.63) is 88.4 Å². The maximum Gasteiger partial charge on any atom is 0.277 e. The minimum Gasteiger partial charge on any atom is -0.355 e. The second kappa shape index (κ2) is 7.99. The maximum atomic E-state index is 12.8. The summed E-state index contributed by atoms with van der Waals surface area (Å²) in [6, 6.07) is 17.7. The molecule has 0 radical (unpaired) electrons. The zero-order valence-corrected chi connectivity index (χ0v) is 17.6. The Morgan fingerprint density at radius 1 is 1.03 bits per heavy atom. The van der Waals surface area contributed by atoms with Gasteiger partial charge in [0.25, 0.3) is 5.91 Å². The van der Waals surface area contributed by atoms with Crippen molar-refractivity contribution in [1.82, 2.24) is 14.9 Å². The van der Waals surface area contributed by atoms with Crippen molar-refractivity contribution in [2.24, 2.45) is 0 Å². The van der Waals surface area contributed by atoms with Crippen LogP contribution in [0.4, 0.5) is 5.69 Å². The summed E-state index contributed by atoms with van der Waals surface area (Å²) in [6.45, 7) is 8.59. The van der Waals surface area contributed by atoms with Gasteiger partial charge in [0, 0.05) is 11.6 Å². The van der Waals surface area contributed by atoms with Crippen molar-refractivity contribution in [3.8, 4) is 11.3 Å². The topological polar surface area (TPSA) is 73.0 Å². The van der Waals surface area contributed by atoms with Gasteiger partial charge in [-0.1, -0.05) is 59.3 Å². The molecule has 0 spiro atoms. The molecule has 1 N–H and O–H groups in total. The summed E-state index contributed by atoms with van der Waals surface area (Å²) in [6.07, 6.45) is 0. The number of rotatable bonds is 5. The molecule has 0 aliphatic carbocycles. The number of carbonyl (C=O) groups is 1. The Balaban J connectivity index is 1.53. The normalized spacial score (nSPS) is 10.9. The number of hydrogen-bond donors (Lipinski definition) is 1. The first-order valence-corrected chi connectivity index (χ1v) is 9.86. The third-order valence-electron chi connectivity index (χ3n) is 5.28. The Morgan fingerprint density at radius 2 is 1.77 bits per heavy atom. The van der Waals surface area contributed by atoms with Gasteiger partial charge in [0.1, 0.15) is 0 Å². The molecule has 152 valence electrons. The molecule has 6 heteroatoms. The van der Waals surface area contributed by atoms with Gasteiger partial charge in [-0.15, -0.1) is 0 Å².